The van der Waals surface area contributed by atoms with Gasteiger partial charge in [-0.1, -0.05) is 12.1 Å². The van der Waals surface area contributed by atoms with Crippen molar-refractivity contribution in [3.8, 4) is 0 Å². The summed E-state index contributed by atoms with van der Waals surface area (Å²) in [6.45, 7) is 6.14. The monoisotopic (exact) mass is 293 g/mol. The van der Waals surface area contributed by atoms with Crippen molar-refractivity contribution >= 4 is 27.7 Å². The van der Waals surface area contributed by atoms with E-state index in [-0.39, 0.29) is 16.5 Å². The van der Waals surface area contributed by atoms with Gasteiger partial charge in [0.15, 0.2) is 5.82 Å². The van der Waals surface area contributed by atoms with E-state index >= 15 is 0 Å². The molecule has 0 aliphatic heterocycles. The van der Waals surface area contributed by atoms with E-state index in [2.05, 4.69) is 15.3 Å². The first-order chi connectivity index (χ1) is 9.38. The van der Waals surface area contributed by atoms with E-state index in [4.69, 9.17) is 0 Å². The Morgan fingerprint density at radius 3 is 2.70 bits per heavy atom. The molecular formula is C14H19N3O2S. The molecule has 1 aromatic carbocycles. The van der Waals surface area contributed by atoms with E-state index in [0.717, 1.165) is 11.0 Å². The Morgan fingerprint density at radius 2 is 2.05 bits per heavy atom. The summed E-state index contributed by atoms with van der Waals surface area (Å²) in [5.41, 5.74) is 1.59. The van der Waals surface area contributed by atoms with E-state index < -0.39 is 10.8 Å². The Morgan fingerprint density at radius 1 is 1.35 bits per heavy atom. The van der Waals surface area contributed by atoms with Crippen LogP contribution in [0.3, 0.4) is 0 Å². The average Bonchev–Trinajstić information content (AvgIpc) is 2.81. The Kier molecular flexibility index (Phi) is 4.23. The van der Waals surface area contributed by atoms with Crippen molar-refractivity contribution < 1.29 is 9.00 Å². The van der Waals surface area contributed by atoms with Gasteiger partial charge in [-0.25, -0.2) is 4.98 Å². The number of carbonyl (C=O) groups excluding carboxylic acids is 1. The summed E-state index contributed by atoms with van der Waals surface area (Å²) in [7, 11) is -0.970. The Bertz CT molecular complexity index is 610. The van der Waals surface area contributed by atoms with Crippen molar-refractivity contribution in [2.45, 2.75) is 25.5 Å². The second-order valence-corrected chi connectivity index (χ2v) is 7.84. The number of hydrogen-bond donors (Lipinski definition) is 2. The fourth-order valence-electron chi connectivity index (χ4n) is 1.71. The topological polar surface area (TPSA) is 74.8 Å². The number of rotatable bonds is 4. The van der Waals surface area contributed by atoms with Gasteiger partial charge < -0.3 is 10.3 Å². The molecule has 0 saturated carbocycles. The van der Waals surface area contributed by atoms with Crippen LogP contribution in [0.15, 0.2) is 24.3 Å². The smallest absolute Gasteiger partial charge is 0.287 e. The normalized spacial score (nSPS) is 13.3. The first-order valence-corrected chi connectivity index (χ1v) is 7.81. The van der Waals surface area contributed by atoms with Crippen molar-refractivity contribution in [1.29, 1.82) is 0 Å². The summed E-state index contributed by atoms with van der Waals surface area (Å²) < 4.78 is 11.6. The van der Waals surface area contributed by atoms with Crippen molar-refractivity contribution in [3.05, 3.63) is 30.1 Å². The number of para-hydroxylation sites is 2. The number of carbonyl (C=O) groups is 1. The van der Waals surface area contributed by atoms with Gasteiger partial charge >= 0.3 is 0 Å². The van der Waals surface area contributed by atoms with E-state index in [1.165, 1.54) is 0 Å². The minimum atomic E-state index is -0.970. The minimum absolute atomic E-state index is 0.260. The highest BCUT2D eigenvalue weighted by atomic mass is 32.2. The molecule has 1 atom stereocenters. The maximum Gasteiger partial charge on any atom is 0.287 e. The third kappa shape index (κ3) is 3.45. The van der Waals surface area contributed by atoms with Crippen molar-refractivity contribution in [2.75, 3.05) is 12.3 Å². The molecule has 1 unspecified atom stereocenters. The van der Waals surface area contributed by atoms with Crippen molar-refractivity contribution in [3.63, 3.8) is 0 Å². The minimum Gasteiger partial charge on any atom is -0.348 e. The number of imidazole rings is 1. The first kappa shape index (κ1) is 14.7. The number of aromatic amines is 1. The van der Waals surface area contributed by atoms with Crippen LogP contribution in [-0.4, -0.2) is 37.1 Å². The molecule has 2 rings (SSSR count). The zero-order valence-electron chi connectivity index (χ0n) is 11.9. The molecule has 1 heterocycles. The summed E-state index contributed by atoms with van der Waals surface area (Å²) in [6, 6.07) is 7.47. The number of H-pyrrole nitrogens is 1. The summed E-state index contributed by atoms with van der Waals surface area (Å²) in [4.78, 5) is 19.1. The second kappa shape index (κ2) is 5.75. The van der Waals surface area contributed by atoms with Crippen molar-refractivity contribution in [2.24, 2.45) is 0 Å². The van der Waals surface area contributed by atoms with Gasteiger partial charge in [0.1, 0.15) is 0 Å². The van der Waals surface area contributed by atoms with E-state index in [0.29, 0.717) is 12.3 Å². The van der Waals surface area contributed by atoms with Crippen LogP contribution in [0.25, 0.3) is 11.0 Å². The van der Waals surface area contributed by atoms with Crippen LogP contribution in [0.2, 0.25) is 0 Å². The highest BCUT2D eigenvalue weighted by Crippen LogP contribution is 2.11. The molecule has 0 aliphatic carbocycles. The van der Waals surface area contributed by atoms with E-state index in [1.807, 2.05) is 45.0 Å². The third-order valence-electron chi connectivity index (χ3n) is 2.86. The molecule has 108 valence electrons. The van der Waals surface area contributed by atoms with Crippen LogP contribution in [0, 0.1) is 0 Å². The molecule has 5 nitrogen and oxygen atoms in total. The number of nitrogens with one attached hydrogen (secondary N) is 2. The van der Waals surface area contributed by atoms with Crippen LogP contribution in [0.4, 0.5) is 0 Å². The molecule has 0 bridgehead atoms. The number of nitrogens with zero attached hydrogens (tertiary/aromatic N) is 1. The number of benzene rings is 1. The fraction of sp³-hybridized carbons (Fsp3) is 0.429. The van der Waals surface area contributed by atoms with Gasteiger partial charge in [0.2, 0.25) is 0 Å². The lowest BCUT2D eigenvalue weighted by Gasteiger charge is -2.17. The lowest BCUT2D eigenvalue weighted by Crippen LogP contribution is -2.33. The van der Waals surface area contributed by atoms with Gasteiger partial charge in [-0.05, 0) is 32.9 Å². The summed E-state index contributed by atoms with van der Waals surface area (Å²) in [5, 5.41) is 2.74. The fourth-order valence-corrected chi connectivity index (χ4v) is 2.61. The molecular weight excluding hydrogens is 274 g/mol. The molecule has 2 N–H and O–H groups in total. The van der Waals surface area contributed by atoms with Crippen LogP contribution in [0.5, 0.6) is 0 Å². The molecule has 0 saturated heterocycles. The average molecular weight is 293 g/mol. The molecule has 0 fully saturated rings. The predicted molar refractivity (Wildman–Crippen MR) is 81.2 cm³/mol. The first-order valence-electron chi connectivity index (χ1n) is 6.49. The molecule has 0 radical (unpaired) electrons. The lowest BCUT2D eigenvalue weighted by molar-refractivity contribution is 0.0947. The van der Waals surface area contributed by atoms with E-state index in [9.17, 15) is 9.00 Å². The molecule has 0 aliphatic rings. The van der Waals surface area contributed by atoms with Crippen molar-refractivity contribution in [1.82, 2.24) is 15.3 Å². The molecule has 1 aromatic heterocycles. The van der Waals surface area contributed by atoms with Crippen LogP contribution in [-0.2, 0) is 10.8 Å². The van der Waals surface area contributed by atoms with Gasteiger partial charge in [0.25, 0.3) is 5.91 Å². The summed E-state index contributed by atoms with van der Waals surface area (Å²) in [6.07, 6.45) is 0. The van der Waals surface area contributed by atoms with Gasteiger partial charge in [-0.2, -0.15) is 0 Å². The van der Waals surface area contributed by atoms with Gasteiger partial charge in [-0.15, -0.1) is 0 Å². The zero-order valence-corrected chi connectivity index (χ0v) is 12.7. The van der Waals surface area contributed by atoms with Gasteiger partial charge in [0, 0.05) is 27.8 Å². The Hall–Kier alpha value is -1.69. The molecule has 1 amide bonds. The van der Waals surface area contributed by atoms with Crippen LogP contribution >= 0.6 is 0 Å². The maximum atomic E-state index is 11.9. The van der Waals surface area contributed by atoms with Gasteiger partial charge in [-0.3, -0.25) is 9.00 Å². The van der Waals surface area contributed by atoms with Crippen LogP contribution < -0.4 is 5.32 Å². The quantitative estimate of drug-likeness (QED) is 0.903. The number of aromatic nitrogens is 2. The zero-order chi connectivity index (χ0) is 14.8. The Balaban J connectivity index is 1.94. The predicted octanol–water partition coefficient (Wildman–Crippen LogP) is 1.84. The highest BCUT2D eigenvalue weighted by molar-refractivity contribution is 7.86. The van der Waals surface area contributed by atoms with E-state index in [1.54, 1.807) is 0 Å². The largest absolute Gasteiger partial charge is 0.348 e. The third-order valence-corrected chi connectivity index (χ3v) is 4.80. The van der Waals surface area contributed by atoms with Gasteiger partial charge in [0.05, 0.1) is 11.0 Å². The Labute approximate surface area is 120 Å². The maximum absolute atomic E-state index is 11.9. The van der Waals surface area contributed by atoms with Crippen LogP contribution in [0.1, 0.15) is 31.4 Å². The SMILES string of the molecule is CC(C)(C)S(=O)CCNC(=O)c1nc2ccccc2[nH]1. The number of fused-ring (bicyclic) bond motifs is 1. The molecule has 2 aromatic rings. The second-order valence-electron chi connectivity index (χ2n) is 5.52. The lowest BCUT2D eigenvalue weighted by atomic mass is 10.3. The standard InChI is InChI=1S/C14H19N3O2S/c1-14(2,3)20(19)9-8-15-13(18)12-16-10-6-4-5-7-11(10)17-12/h4-7H,8-9H2,1-3H3,(H,15,18)(H,16,17). The summed E-state index contributed by atoms with van der Waals surface area (Å²) in [5.74, 6) is 0.454. The molecule has 20 heavy (non-hydrogen) atoms. The number of hydrogen-bond acceptors (Lipinski definition) is 3. The highest BCUT2D eigenvalue weighted by Gasteiger charge is 2.19. The molecule has 0 spiro atoms. The molecule has 6 heteroatoms. The summed E-state index contributed by atoms with van der Waals surface area (Å²) >= 11 is 0. The number of amides is 1.